The molecule has 1 aliphatic rings. The summed E-state index contributed by atoms with van der Waals surface area (Å²) < 4.78 is 7.41. The van der Waals surface area contributed by atoms with Gasteiger partial charge in [0.05, 0.1) is 21.8 Å². The van der Waals surface area contributed by atoms with Crippen LogP contribution in [0, 0.1) is 0 Å². The van der Waals surface area contributed by atoms with Crippen molar-refractivity contribution in [3.8, 4) is 0 Å². The quantitative estimate of drug-likeness (QED) is 0.440. The van der Waals surface area contributed by atoms with Gasteiger partial charge < -0.3 is 4.74 Å². The molecule has 2 heterocycles. The number of carbonyl (C=O) groups excluding carboxylic acids is 1. The molecular formula is C24H19ClN2O3S. The predicted molar refractivity (Wildman–Crippen MR) is 123 cm³/mol. The van der Waals surface area contributed by atoms with Gasteiger partial charge in [-0.3, -0.25) is 9.36 Å². The van der Waals surface area contributed by atoms with E-state index in [0.29, 0.717) is 25.6 Å². The molecule has 2 aromatic carbocycles. The third kappa shape index (κ3) is 4.17. The number of hydrogen-bond donors (Lipinski definition) is 0. The number of benzene rings is 2. The molecule has 0 amide bonds. The van der Waals surface area contributed by atoms with Crippen LogP contribution in [0.1, 0.15) is 24.1 Å². The Hall–Kier alpha value is -3.22. The fraction of sp³-hybridized carbons (Fsp3) is 0.125. The van der Waals surface area contributed by atoms with E-state index in [1.54, 1.807) is 29.7 Å². The number of aromatic nitrogens is 1. The molecule has 1 aromatic heterocycles. The fourth-order valence-electron chi connectivity index (χ4n) is 3.46. The third-order valence-corrected chi connectivity index (χ3v) is 6.09. The number of thiazole rings is 1. The number of halogens is 1. The van der Waals surface area contributed by atoms with Crippen LogP contribution in [0.4, 0.5) is 0 Å². The van der Waals surface area contributed by atoms with Gasteiger partial charge in [0.15, 0.2) is 4.80 Å². The number of allylic oxidation sites excluding steroid dienone is 1. The smallest absolute Gasteiger partial charge is 0.338 e. The van der Waals surface area contributed by atoms with E-state index in [2.05, 4.69) is 11.6 Å². The molecule has 1 unspecified atom stereocenters. The van der Waals surface area contributed by atoms with E-state index in [4.69, 9.17) is 16.3 Å². The molecule has 5 nitrogen and oxygen atoms in total. The van der Waals surface area contributed by atoms with E-state index >= 15 is 0 Å². The number of ether oxygens (including phenoxy) is 1. The van der Waals surface area contributed by atoms with Crippen molar-refractivity contribution in [1.29, 1.82) is 0 Å². The molecule has 0 N–H and O–H groups in total. The zero-order chi connectivity index (χ0) is 22.0. The molecule has 156 valence electrons. The van der Waals surface area contributed by atoms with Gasteiger partial charge >= 0.3 is 5.97 Å². The maximum Gasteiger partial charge on any atom is 0.338 e. The Kier molecular flexibility index (Phi) is 6.02. The first-order chi connectivity index (χ1) is 15.0. The lowest BCUT2D eigenvalue weighted by molar-refractivity contribution is -0.138. The highest BCUT2D eigenvalue weighted by molar-refractivity contribution is 7.07. The minimum Gasteiger partial charge on any atom is -0.458 e. The van der Waals surface area contributed by atoms with Gasteiger partial charge in [0.25, 0.3) is 5.56 Å². The first-order valence-electron chi connectivity index (χ1n) is 9.60. The first kappa shape index (κ1) is 21.0. The number of esters is 1. The fourth-order valence-corrected chi connectivity index (χ4v) is 4.63. The lowest BCUT2D eigenvalue weighted by atomic mass is 9.96. The van der Waals surface area contributed by atoms with Crippen molar-refractivity contribution in [3.05, 3.63) is 114 Å². The normalized spacial score (nSPS) is 15.9. The lowest BCUT2D eigenvalue weighted by Gasteiger charge is -2.24. The van der Waals surface area contributed by atoms with Gasteiger partial charge in [-0.25, -0.2) is 9.79 Å². The van der Waals surface area contributed by atoms with Crippen molar-refractivity contribution >= 4 is 35.0 Å². The van der Waals surface area contributed by atoms with Crippen LogP contribution in [-0.4, -0.2) is 17.1 Å². The second-order valence-electron chi connectivity index (χ2n) is 6.93. The van der Waals surface area contributed by atoms with Crippen LogP contribution in [0.3, 0.4) is 0 Å². The van der Waals surface area contributed by atoms with Crippen molar-refractivity contribution in [1.82, 2.24) is 4.57 Å². The van der Waals surface area contributed by atoms with Crippen molar-refractivity contribution in [2.45, 2.75) is 13.0 Å². The van der Waals surface area contributed by atoms with E-state index < -0.39 is 12.0 Å². The van der Waals surface area contributed by atoms with Gasteiger partial charge in [-0.2, -0.15) is 0 Å². The molecule has 31 heavy (non-hydrogen) atoms. The largest absolute Gasteiger partial charge is 0.458 e. The molecule has 4 rings (SSSR count). The Bertz CT molecular complexity index is 1350. The van der Waals surface area contributed by atoms with Crippen LogP contribution in [0.25, 0.3) is 6.08 Å². The number of hydrogen-bond acceptors (Lipinski definition) is 5. The SMILES string of the molecule is C=CCOC(=O)C1=C(C)N=c2sc(=Cc3ccc(Cl)cc3)c(=O)n2C1c1ccccc1. The van der Waals surface area contributed by atoms with E-state index in [9.17, 15) is 9.59 Å². The average Bonchev–Trinajstić information content (AvgIpc) is 3.07. The average molecular weight is 451 g/mol. The summed E-state index contributed by atoms with van der Waals surface area (Å²) in [6.45, 7) is 5.43. The van der Waals surface area contributed by atoms with Crippen LogP contribution in [0.2, 0.25) is 5.02 Å². The summed E-state index contributed by atoms with van der Waals surface area (Å²) in [5.74, 6) is -0.512. The Morgan fingerprint density at radius 1 is 1.23 bits per heavy atom. The summed E-state index contributed by atoms with van der Waals surface area (Å²) in [6.07, 6.45) is 3.31. The predicted octanol–water partition coefficient (Wildman–Crippen LogP) is 3.62. The second-order valence-corrected chi connectivity index (χ2v) is 8.38. The first-order valence-corrected chi connectivity index (χ1v) is 10.8. The Morgan fingerprint density at radius 2 is 1.94 bits per heavy atom. The van der Waals surface area contributed by atoms with E-state index in [1.165, 1.54) is 17.4 Å². The molecular weight excluding hydrogens is 432 g/mol. The molecule has 0 saturated carbocycles. The third-order valence-electron chi connectivity index (χ3n) is 4.86. The maximum atomic E-state index is 13.4. The summed E-state index contributed by atoms with van der Waals surface area (Å²) in [5.41, 5.74) is 2.32. The maximum absolute atomic E-state index is 13.4. The highest BCUT2D eigenvalue weighted by atomic mass is 35.5. The van der Waals surface area contributed by atoms with Gasteiger partial charge in [-0.05, 0) is 36.3 Å². The van der Waals surface area contributed by atoms with E-state index in [0.717, 1.165) is 11.1 Å². The topological polar surface area (TPSA) is 60.7 Å². The van der Waals surface area contributed by atoms with Gasteiger partial charge in [-0.15, -0.1) is 0 Å². The molecule has 3 aromatic rings. The van der Waals surface area contributed by atoms with Crippen LogP contribution < -0.4 is 14.9 Å². The van der Waals surface area contributed by atoms with Crippen molar-refractivity contribution in [3.63, 3.8) is 0 Å². The van der Waals surface area contributed by atoms with E-state index in [-0.39, 0.29) is 12.2 Å². The molecule has 0 saturated heterocycles. The summed E-state index contributed by atoms with van der Waals surface area (Å²) in [7, 11) is 0. The molecule has 1 aliphatic heterocycles. The highest BCUT2D eigenvalue weighted by Crippen LogP contribution is 2.30. The molecule has 1 atom stereocenters. The summed E-state index contributed by atoms with van der Waals surface area (Å²) in [5, 5.41) is 0.626. The molecule has 0 aliphatic carbocycles. The van der Waals surface area contributed by atoms with Gasteiger partial charge in [0, 0.05) is 5.02 Å². The Balaban J connectivity index is 1.92. The lowest BCUT2D eigenvalue weighted by Crippen LogP contribution is -2.39. The van der Waals surface area contributed by atoms with Crippen LogP contribution in [-0.2, 0) is 9.53 Å². The molecule has 0 spiro atoms. The van der Waals surface area contributed by atoms with Crippen LogP contribution in [0.15, 0.2) is 88.3 Å². The summed E-state index contributed by atoms with van der Waals surface area (Å²) in [4.78, 5) is 31.4. The van der Waals surface area contributed by atoms with Crippen molar-refractivity contribution in [2.75, 3.05) is 6.61 Å². The minimum atomic E-state index is -0.623. The number of fused-ring (bicyclic) bond motifs is 1. The number of nitrogens with zero attached hydrogens (tertiary/aromatic N) is 2. The van der Waals surface area contributed by atoms with Gasteiger partial charge in [0.2, 0.25) is 0 Å². The highest BCUT2D eigenvalue weighted by Gasteiger charge is 2.33. The monoisotopic (exact) mass is 450 g/mol. The molecule has 0 fully saturated rings. The van der Waals surface area contributed by atoms with E-state index in [1.807, 2.05) is 42.5 Å². The molecule has 0 bridgehead atoms. The zero-order valence-electron chi connectivity index (χ0n) is 16.7. The zero-order valence-corrected chi connectivity index (χ0v) is 18.3. The van der Waals surface area contributed by atoms with Crippen LogP contribution >= 0.6 is 22.9 Å². The minimum absolute atomic E-state index is 0.0815. The molecule has 7 heteroatoms. The number of rotatable bonds is 5. The van der Waals surface area contributed by atoms with Gasteiger partial charge in [-0.1, -0.05) is 78.1 Å². The van der Waals surface area contributed by atoms with Crippen molar-refractivity contribution in [2.24, 2.45) is 4.99 Å². The van der Waals surface area contributed by atoms with Crippen LogP contribution in [0.5, 0.6) is 0 Å². The molecule has 0 radical (unpaired) electrons. The Morgan fingerprint density at radius 3 is 2.61 bits per heavy atom. The number of carbonyl (C=O) groups is 1. The summed E-state index contributed by atoms with van der Waals surface area (Å²) in [6, 6.07) is 16.0. The standard InChI is InChI=1S/C24H19ClN2O3S/c1-3-13-30-23(29)20-15(2)26-24-27(21(20)17-7-5-4-6-8-17)22(28)19(31-24)14-16-9-11-18(25)12-10-16/h3-12,14,21H,1,13H2,2H3. The van der Waals surface area contributed by atoms with Gasteiger partial charge in [0.1, 0.15) is 6.61 Å². The summed E-state index contributed by atoms with van der Waals surface area (Å²) >= 11 is 7.25. The Labute approximate surface area is 187 Å². The second kappa shape index (κ2) is 8.88. The van der Waals surface area contributed by atoms with Crippen molar-refractivity contribution < 1.29 is 9.53 Å².